The maximum Gasteiger partial charge on any atom is 0.248 e. The summed E-state index contributed by atoms with van der Waals surface area (Å²) in [4.78, 5) is 41.3. The number of likely N-dealkylation sites (tertiary alicyclic amines) is 2. The molecular weight excluding hydrogens is 476 g/mol. The molecule has 4 rings (SSSR count). The van der Waals surface area contributed by atoms with Gasteiger partial charge in [0.05, 0.1) is 25.2 Å². The number of hydrazine groups is 1. The SMILES string of the molecule is CC.CC.CN.NC(=O)CN1CC(Nc2ccncn2)C1.NNC(=O)CN1CC(Nc2ccncn2)C1. The Kier molecular flexibility index (Phi) is 18.8. The van der Waals surface area contributed by atoms with Crippen LogP contribution in [0.1, 0.15) is 27.7 Å². The molecule has 2 amide bonds. The van der Waals surface area contributed by atoms with E-state index in [9.17, 15) is 9.59 Å². The topological polar surface area (TPSA) is 206 Å². The second-order valence-corrected chi connectivity index (χ2v) is 7.29. The number of hydrogen-bond donors (Lipinski definition) is 6. The Morgan fingerprint density at radius 1 is 0.838 bits per heavy atom. The normalized spacial score (nSPS) is 14.6. The Balaban J connectivity index is 0.000000584. The minimum atomic E-state index is -0.282. The van der Waals surface area contributed by atoms with E-state index < -0.39 is 0 Å². The predicted octanol–water partition coefficient (Wildman–Crippen LogP) is -0.752. The average Bonchev–Trinajstić information content (AvgIpc) is 2.91. The van der Waals surface area contributed by atoms with Crippen LogP contribution in [-0.4, -0.2) is 99.9 Å². The molecule has 4 heterocycles. The Labute approximate surface area is 219 Å². The van der Waals surface area contributed by atoms with Gasteiger partial charge in [-0.05, 0) is 19.2 Å². The third-order valence-corrected chi connectivity index (χ3v) is 4.69. The summed E-state index contributed by atoms with van der Waals surface area (Å²) < 4.78 is 0. The molecule has 0 bridgehead atoms. The molecule has 14 nitrogen and oxygen atoms in total. The minimum absolute atomic E-state index is 0.166. The van der Waals surface area contributed by atoms with Gasteiger partial charge in [-0.1, -0.05) is 27.7 Å². The summed E-state index contributed by atoms with van der Waals surface area (Å²) in [5.74, 6) is 6.17. The van der Waals surface area contributed by atoms with Crippen LogP contribution in [0, 0.1) is 0 Å². The van der Waals surface area contributed by atoms with Crippen LogP contribution in [0.3, 0.4) is 0 Å². The van der Waals surface area contributed by atoms with Crippen molar-refractivity contribution in [1.82, 2.24) is 35.2 Å². The summed E-state index contributed by atoms with van der Waals surface area (Å²) in [6.45, 7) is 12.0. The molecule has 0 unspecified atom stereocenters. The smallest absolute Gasteiger partial charge is 0.248 e. The lowest BCUT2D eigenvalue weighted by Crippen LogP contribution is -2.57. The molecule has 37 heavy (non-hydrogen) atoms. The number of hydrogen-bond acceptors (Lipinski definition) is 12. The fraction of sp³-hybridized carbons (Fsp3) is 0.565. The van der Waals surface area contributed by atoms with Gasteiger partial charge < -0.3 is 22.1 Å². The molecule has 0 aliphatic carbocycles. The van der Waals surface area contributed by atoms with E-state index in [0.29, 0.717) is 25.2 Å². The first-order valence-electron chi connectivity index (χ1n) is 12.4. The highest BCUT2D eigenvalue weighted by Gasteiger charge is 2.28. The minimum Gasteiger partial charge on any atom is -0.369 e. The fourth-order valence-corrected chi connectivity index (χ4v) is 3.22. The molecule has 9 N–H and O–H groups in total. The molecule has 2 aliphatic rings. The molecular formula is C23H44N12O2. The van der Waals surface area contributed by atoms with Crippen LogP contribution in [-0.2, 0) is 9.59 Å². The van der Waals surface area contributed by atoms with Crippen molar-refractivity contribution >= 4 is 23.5 Å². The molecule has 208 valence electrons. The van der Waals surface area contributed by atoms with Crippen LogP contribution >= 0.6 is 0 Å². The summed E-state index contributed by atoms with van der Waals surface area (Å²) in [6.07, 6.45) is 6.38. The van der Waals surface area contributed by atoms with Gasteiger partial charge in [0.25, 0.3) is 0 Å². The molecule has 2 aliphatic heterocycles. The van der Waals surface area contributed by atoms with Gasteiger partial charge in [-0.2, -0.15) is 0 Å². The first-order valence-corrected chi connectivity index (χ1v) is 12.4. The highest BCUT2D eigenvalue weighted by Crippen LogP contribution is 2.13. The first-order chi connectivity index (χ1) is 18.0. The lowest BCUT2D eigenvalue weighted by Gasteiger charge is -2.39. The number of nitrogens with one attached hydrogen (secondary N) is 3. The maximum atomic E-state index is 11.0. The van der Waals surface area contributed by atoms with Gasteiger partial charge >= 0.3 is 0 Å². The lowest BCUT2D eigenvalue weighted by molar-refractivity contribution is -0.123. The molecule has 2 aromatic heterocycles. The lowest BCUT2D eigenvalue weighted by atomic mass is 10.1. The maximum absolute atomic E-state index is 11.0. The molecule has 14 heteroatoms. The molecule has 2 saturated heterocycles. The van der Waals surface area contributed by atoms with Crippen LogP contribution in [0.4, 0.5) is 11.6 Å². The molecule has 0 atom stereocenters. The van der Waals surface area contributed by atoms with E-state index in [1.807, 2.05) is 49.6 Å². The highest BCUT2D eigenvalue weighted by atomic mass is 16.2. The number of anilines is 2. The summed E-state index contributed by atoms with van der Waals surface area (Å²) in [5.41, 5.74) is 11.7. The van der Waals surface area contributed by atoms with E-state index in [1.54, 1.807) is 12.4 Å². The number of carbonyl (C=O) groups excluding carboxylic acids is 2. The van der Waals surface area contributed by atoms with Crippen molar-refractivity contribution in [2.75, 3.05) is 56.9 Å². The number of nitrogens with two attached hydrogens (primary N) is 3. The Morgan fingerprint density at radius 2 is 1.24 bits per heavy atom. The number of nitrogens with zero attached hydrogens (tertiary/aromatic N) is 6. The average molecular weight is 521 g/mol. The Morgan fingerprint density at radius 3 is 1.57 bits per heavy atom. The van der Waals surface area contributed by atoms with Crippen LogP contribution < -0.4 is 33.4 Å². The standard InChI is InChI=1S/C9H14N6O.C9H13N5O.2C2H6.CH5N/c10-14-9(16)5-15-3-7(4-15)13-8-1-2-11-6-12-8;10-8(15)5-14-3-7(4-14)13-9-1-2-11-6-12-9;3*1-2/h1-2,6-7H,3-5,10H2,(H,14,16)(H,11,12,13);1-2,6-7H,3-5H2,(H2,10,15)(H,11,12,13);2*1-2H3;2H2,1H3. The third kappa shape index (κ3) is 14.0. The molecule has 2 fully saturated rings. The van der Waals surface area contributed by atoms with Crippen LogP contribution in [0.2, 0.25) is 0 Å². The Hall–Kier alpha value is -3.46. The van der Waals surface area contributed by atoms with E-state index in [1.165, 1.54) is 19.7 Å². The number of primary amides is 1. The summed E-state index contributed by atoms with van der Waals surface area (Å²) in [7, 11) is 1.50. The van der Waals surface area contributed by atoms with Crippen molar-refractivity contribution in [3.05, 3.63) is 37.2 Å². The number of aromatic nitrogens is 4. The second-order valence-electron chi connectivity index (χ2n) is 7.29. The largest absolute Gasteiger partial charge is 0.369 e. The summed E-state index contributed by atoms with van der Waals surface area (Å²) >= 11 is 0. The van der Waals surface area contributed by atoms with Crippen molar-refractivity contribution in [1.29, 1.82) is 0 Å². The van der Waals surface area contributed by atoms with Crippen LogP contribution in [0.15, 0.2) is 37.2 Å². The van der Waals surface area contributed by atoms with E-state index in [4.69, 9.17) is 11.6 Å². The zero-order valence-corrected chi connectivity index (χ0v) is 22.6. The van der Waals surface area contributed by atoms with E-state index in [0.717, 1.165) is 37.8 Å². The van der Waals surface area contributed by atoms with Crippen molar-refractivity contribution in [3.63, 3.8) is 0 Å². The van der Waals surface area contributed by atoms with Gasteiger partial charge in [0.1, 0.15) is 24.3 Å². The van der Waals surface area contributed by atoms with Gasteiger partial charge in [-0.15, -0.1) is 0 Å². The summed E-state index contributed by atoms with van der Waals surface area (Å²) in [5, 5.41) is 6.48. The Bertz CT molecular complexity index is 832. The van der Waals surface area contributed by atoms with Gasteiger partial charge in [-0.25, -0.2) is 25.8 Å². The van der Waals surface area contributed by atoms with Crippen molar-refractivity contribution in [2.24, 2.45) is 17.3 Å². The third-order valence-electron chi connectivity index (χ3n) is 4.69. The zero-order chi connectivity index (χ0) is 28.1. The molecule has 0 spiro atoms. The predicted molar refractivity (Wildman–Crippen MR) is 146 cm³/mol. The molecule has 0 aromatic carbocycles. The van der Waals surface area contributed by atoms with Gasteiger partial charge in [0.2, 0.25) is 11.8 Å². The monoisotopic (exact) mass is 520 g/mol. The number of rotatable bonds is 8. The number of carbonyl (C=O) groups is 2. The van der Waals surface area contributed by atoms with Crippen molar-refractivity contribution in [2.45, 2.75) is 39.8 Å². The summed E-state index contributed by atoms with van der Waals surface area (Å²) in [6, 6.07) is 4.31. The van der Waals surface area contributed by atoms with Crippen LogP contribution in [0.5, 0.6) is 0 Å². The quantitative estimate of drug-likeness (QED) is 0.144. The van der Waals surface area contributed by atoms with Crippen molar-refractivity contribution in [3.8, 4) is 0 Å². The van der Waals surface area contributed by atoms with E-state index >= 15 is 0 Å². The number of amides is 2. The molecule has 2 aromatic rings. The van der Waals surface area contributed by atoms with E-state index in [-0.39, 0.29) is 11.8 Å². The zero-order valence-electron chi connectivity index (χ0n) is 22.6. The fourth-order valence-electron chi connectivity index (χ4n) is 3.22. The highest BCUT2D eigenvalue weighted by molar-refractivity contribution is 5.77. The van der Waals surface area contributed by atoms with Crippen LogP contribution in [0.25, 0.3) is 0 Å². The molecule has 0 saturated carbocycles. The van der Waals surface area contributed by atoms with Crippen molar-refractivity contribution < 1.29 is 9.59 Å². The first kappa shape index (κ1) is 33.5. The second kappa shape index (κ2) is 20.7. The molecule has 0 radical (unpaired) electrons. The van der Waals surface area contributed by atoms with Gasteiger partial charge in [0.15, 0.2) is 0 Å². The van der Waals surface area contributed by atoms with E-state index in [2.05, 4.69) is 41.7 Å². The van der Waals surface area contributed by atoms with Gasteiger partial charge in [0, 0.05) is 38.6 Å². The van der Waals surface area contributed by atoms with Gasteiger partial charge in [-0.3, -0.25) is 24.8 Å².